The minimum absolute atomic E-state index is 0.171. The van der Waals surface area contributed by atoms with E-state index in [1.165, 1.54) is 0 Å². The number of hydrogen-bond acceptors (Lipinski definition) is 4. The predicted molar refractivity (Wildman–Crippen MR) is 116 cm³/mol. The Kier molecular flexibility index (Phi) is 7.46. The second-order valence-electron chi connectivity index (χ2n) is 7.20. The monoisotopic (exact) mass is 401 g/mol. The summed E-state index contributed by atoms with van der Waals surface area (Å²) in [5.74, 6) is 0.532. The highest BCUT2D eigenvalue weighted by Crippen LogP contribution is 2.22. The molecule has 0 bridgehead atoms. The Bertz CT molecular complexity index is 809. The number of aryl methyl sites for hydroxylation is 1. The van der Waals surface area contributed by atoms with Crippen molar-refractivity contribution < 1.29 is 4.39 Å². The van der Waals surface area contributed by atoms with Crippen LogP contribution >= 0.6 is 0 Å². The van der Waals surface area contributed by atoms with Gasteiger partial charge in [-0.25, -0.2) is 9.38 Å². The molecule has 0 amide bonds. The van der Waals surface area contributed by atoms with Gasteiger partial charge in [-0.1, -0.05) is 13.0 Å². The first kappa shape index (κ1) is 21.1. The number of piperazine rings is 1. The number of rotatable bonds is 7. The largest absolute Gasteiger partial charge is 0.367 e. The van der Waals surface area contributed by atoms with Crippen LogP contribution in [0.25, 0.3) is 0 Å². The number of aromatic nitrogens is 2. The van der Waals surface area contributed by atoms with Crippen LogP contribution < -0.4 is 15.5 Å². The van der Waals surface area contributed by atoms with Crippen LogP contribution in [0.15, 0.2) is 35.5 Å². The van der Waals surface area contributed by atoms with Crippen LogP contribution in [0, 0.1) is 5.82 Å². The quantitative estimate of drug-likeness (QED) is 0.549. The third-order valence-corrected chi connectivity index (χ3v) is 5.30. The van der Waals surface area contributed by atoms with Crippen molar-refractivity contribution in [3.05, 3.63) is 47.5 Å². The van der Waals surface area contributed by atoms with Gasteiger partial charge in [-0.3, -0.25) is 4.68 Å². The highest BCUT2D eigenvalue weighted by Gasteiger charge is 2.18. The van der Waals surface area contributed by atoms with Crippen molar-refractivity contribution in [1.82, 2.24) is 25.3 Å². The van der Waals surface area contributed by atoms with E-state index < -0.39 is 0 Å². The second-order valence-corrected chi connectivity index (χ2v) is 7.20. The van der Waals surface area contributed by atoms with Crippen molar-refractivity contribution in [2.75, 3.05) is 44.2 Å². The van der Waals surface area contributed by atoms with E-state index in [4.69, 9.17) is 0 Å². The molecule has 0 spiro atoms. The number of benzene rings is 1. The van der Waals surface area contributed by atoms with E-state index in [1.54, 1.807) is 12.3 Å². The first-order valence-electron chi connectivity index (χ1n) is 10.4. The molecule has 1 aliphatic heterocycles. The van der Waals surface area contributed by atoms with Crippen molar-refractivity contribution in [3.63, 3.8) is 0 Å². The average Bonchev–Trinajstić information content (AvgIpc) is 3.15. The molecule has 0 saturated carbocycles. The molecular weight excluding hydrogens is 369 g/mol. The van der Waals surface area contributed by atoms with Crippen LogP contribution in [0.2, 0.25) is 0 Å². The fraction of sp³-hybridized carbons (Fsp3) is 0.524. The van der Waals surface area contributed by atoms with E-state index in [-0.39, 0.29) is 5.82 Å². The minimum atomic E-state index is -0.171. The van der Waals surface area contributed by atoms with Crippen molar-refractivity contribution in [2.24, 2.45) is 12.0 Å². The molecule has 29 heavy (non-hydrogen) atoms. The molecule has 1 aromatic carbocycles. The lowest BCUT2D eigenvalue weighted by molar-refractivity contribution is 0.270. The molecule has 2 N–H and O–H groups in total. The molecule has 3 rings (SSSR count). The zero-order valence-electron chi connectivity index (χ0n) is 17.7. The Morgan fingerprint density at radius 1 is 1.14 bits per heavy atom. The topological polar surface area (TPSA) is 60.7 Å². The van der Waals surface area contributed by atoms with E-state index in [1.807, 2.05) is 36.9 Å². The summed E-state index contributed by atoms with van der Waals surface area (Å²) in [6, 6.07) is 7.43. The van der Waals surface area contributed by atoms with Crippen LogP contribution in [0.4, 0.5) is 10.1 Å². The Labute approximate surface area is 172 Å². The molecule has 2 aromatic rings. The number of aliphatic imine (C=N–C) groups is 1. The van der Waals surface area contributed by atoms with Crippen LogP contribution in [-0.4, -0.2) is 59.9 Å². The fourth-order valence-electron chi connectivity index (χ4n) is 3.47. The van der Waals surface area contributed by atoms with Gasteiger partial charge in [0.05, 0.1) is 24.5 Å². The first-order chi connectivity index (χ1) is 14.1. The predicted octanol–water partition coefficient (Wildman–Crippen LogP) is 1.96. The van der Waals surface area contributed by atoms with Gasteiger partial charge in [-0.05, 0) is 37.2 Å². The highest BCUT2D eigenvalue weighted by molar-refractivity contribution is 5.79. The molecule has 1 saturated heterocycles. The standard InChI is InChI=1S/C21H32FN7/c1-4-23-21(25-16-18-8-9-26-27(18)3)24-15-17-6-7-20(19(22)14-17)29-12-10-28(5-2)11-13-29/h6-9,14H,4-5,10-13,15-16H2,1-3H3,(H2,23,24,25). The Balaban J connectivity index is 1.60. The zero-order chi connectivity index (χ0) is 20.6. The molecule has 1 aromatic heterocycles. The summed E-state index contributed by atoms with van der Waals surface area (Å²) in [6.45, 7) is 10.7. The summed E-state index contributed by atoms with van der Waals surface area (Å²) in [5.41, 5.74) is 2.61. The van der Waals surface area contributed by atoms with E-state index in [0.29, 0.717) is 24.7 Å². The maximum Gasteiger partial charge on any atom is 0.191 e. The first-order valence-corrected chi connectivity index (χ1v) is 10.4. The summed E-state index contributed by atoms with van der Waals surface area (Å²) < 4.78 is 16.5. The third-order valence-electron chi connectivity index (χ3n) is 5.30. The molecule has 7 nitrogen and oxygen atoms in total. The zero-order valence-corrected chi connectivity index (χ0v) is 17.7. The van der Waals surface area contributed by atoms with Gasteiger partial charge in [-0.2, -0.15) is 5.10 Å². The van der Waals surface area contributed by atoms with Crippen molar-refractivity contribution in [2.45, 2.75) is 26.9 Å². The molecule has 1 aliphatic rings. The van der Waals surface area contributed by atoms with Crippen LogP contribution in [0.1, 0.15) is 25.1 Å². The normalized spacial score (nSPS) is 15.6. The smallest absolute Gasteiger partial charge is 0.191 e. The molecule has 2 heterocycles. The number of hydrogen-bond donors (Lipinski definition) is 2. The summed E-state index contributed by atoms with van der Waals surface area (Å²) in [7, 11) is 1.91. The second kappa shape index (κ2) is 10.2. The molecular formula is C21H32FN7. The molecule has 0 radical (unpaired) electrons. The Morgan fingerprint density at radius 2 is 1.93 bits per heavy atom. The third kappa shape index (κ3) is 5.69. The van der Waals surface area contributed by atoms with E-state index >= 15 is 0 Å². The fourth-order valence-corrected chi connectivity index (χ4v) is 3.47. The molecule has 1 fully saturated rings. The highest BCUT2D eigenvalue weighted by atomic mass is 19.1. The lowest BCUT2D eigenvalue weighted by atomic mass is 10.1. The van der Waals surface area contributed by atoms with Gasteiger partial charge in [0.1, 0.15) is 5.82 Å². The number of nitrogens with one attached hydrogen (secondary N) is 2. The van der Waals surface area contributed by atoms with Gasteiger partial charge in [0.2, 0.25) is 0 Å². The van der Waals surface area contributed by atoms with Crippen LogP contribution in [0.5, 0.6) is 0 Å². The van der Waals surface area contributed by atoms with Gasteiger partial charge in [0.15, 0.2) is 5.96 Å². The van der Waals surface area contributed by atoms with Gasteiger partial charge in [0, 0.05) is 46.0 Å². The lowest BCUT2D eigenvalue weighted by Crippen LogP contribution is -2.46. The van der Waals surface area contributed by atoms with Crippen LogP contribution in [-0.2, 0) is 20.1 Å². The maximum absolute atomic E-state index is 14.7. The molecule has 158 valence electrons. The van der Waals surface area contributed by atoms with Gasteiger partial charge in [-0.15, -0.1) is 0 Å². The van der Waals surface area contributed by atoms with Crippen LogP contribution in [0.3, 0.4) is 0 Å². The lowest BCUT2D eigenvalue weighted by Gasteiger charge is -2.35. The number of guanidine groups is 1. The molecule has 0 atom stereocenters. The number of halogens is 1. The molecule has 8 heteroatoms. The maximum atomic E-state index is 14.7. The minimum Gasteiger partial charge on any atom is -0.367 e. The van der Waals surface area contributed by atoms with Crippen molar-refractivity contribution in [3.8, 4) is 0 Å². The summed E-state index contributed by atoms with van der Waals surface area (Å²) in [5, 5.41) is 10.7. The van der Waals surface area contributed by atoms with E-state index in [2.05, 4.69) is 37.4 Å². The summed E-state index contributed by atoms with van der Waals surface area (Å²) in [4.78, 5) is 9.12. The Hall–Kier alpha value is -2.61. The SMILES string of the molecule is CCNC(=NCc1ccc(N2CCN(CC)CC2)c(F)c1)NCc1ccnn1C. The summed E-state index contributed by atoms with van der Waals surface area (Å²) >= 11 is 0. The Morgan fingerprint density at radius 3 is 2.55 bits per heavy atom. The molecule has 0 aliphatic carbocycles. The van der Waals surface area contributed by atoms with E-state index in [9.17, 15) is 4.39 Å². The number of anilines is 1. The van der Waals surface area contributed by atoms with E-state index in [0.717, 1.165) is 50.5 Å². The number of nitrogens with zero attached hydrogens (tertiary/aromatic N) is 5. The molecule has 0 unspecified atom stereocenters. The average molecular weight is 402 g/mol. The van der Waals surface area contributed by atoms with Gasteiger partial charge in [0.25, 0.3) is 0 Å². The number of likely N-dealkylation sites (N-methyl/N-ethyl adjacent to an activating group) is 1. The van der Waals surface area contributed by atoms with Crippen molar-refractivity contribution in [1.29, 1.82) is 0 Å². The summed E-state index contributed by atoms with van der Waals surface area (Å²) in [6.07, 6.45) is 1.77. The van der Waals surface area contributed by atoms with Gasteiger partial charge >= 0.3 is 0 Å². The van der Waals surface area contributed by atoms with Crippen molar-refractivity contribution >= 4 is 11.6 Å². The van der Waals surface area contributed by atoms with Gasteiger partial charge < -0.3 is 20.4 Å².